The van der Waals surface area contributed by atoms with E-state index < -0.39 is 21.7 Å². The van der Waals surface area contributed by atoms with Crippen LogP contribution in [-0.2, 0) is 26.1 Å². The first-order valence-electron chi connectivity index (χ1n) is 8.37. The summed E-state index contributed by atoms with van der Waals surface area (Å²) in [5, 5.41) is 0.383. The van der Waals surface area contributed by atoms with Gasteiger partial charge in [0.2, 0.25) is 0 Å². The summed E-state index contributed by atoms with van der Waals surface area (Å²) in [6, 6.07) is 10.2. The standard InChI is InChI=1S/C18H17ClN2O6S/c1-2-8-26-17(22)11-21-15-7-6-14(10-16(15)27-18(21)23)28(24,25)20-13-5-3-4-12(19)9-13/h3-7,9-10,20H,2,8,11H2,1H3. The Morgan fingerprint density at radius 2 is 2.04 bits per heavy atom. The first kappa shape index (κ1) is 20.0. The third-order valence-electron chi connectivity index (χ3n) is 3.78. The van der Waals surface area contributed by atoms with Crippen LogP contribution in [0.2, 0.25) is 5.02 Å². The average molecular weight is 425 g/mol. The smallest absolute Gasteiger partial charge is 0.420 e. The zero-order valence-corrected chi connectivity index (χ0v) is 16.4. The molecule has 0 fully saturated rings. The number of rotatable bonds is 7. The third-order valence-corrected chi connectivity index (χ3v) is 5.40. The van der Waals surface area contributed by atoms with Crippen molar-refractivity contribution in [3.63, 3.8) is 0 Å². The number of fused-ring (bicyclic) bond motifs is 1. The summed E-state index contributed by atoms with van der Waals surface area (Å²) in [4.78, 5) is 23.7. The number of halogens is 1. The van der Waals surface area contributed by atoms with Gasteiger partial charge in [0.05, 0.1) is 22.7 Å². The quantitative estimate of drug-likeness (QED) is 0.584. The van der Waals surface area contributed by atoms with E-state index in [0.29, 0.717) is 22.6 Å². The maximum Gasteiger partial charge on any atom is 0.420 e. The highest BCUT2D eigenvalue weighted by molar-refractivity contribution is 7.92. The Hall–Kier alpha value is -2.78. The Balaban J connectivity index is 1.90. The Morgan fingerprint density at radius 1 is 1.25 bits per heavy atom. The van der Waals surface area contributed by atoms with Crippen molar-refractivity contribution < 1.29 is 22.4 Å². The van der Waals surface area contributed by atoms with Gasteiger partial charge in [0.25, 0.3) is 10.0 Å². The van der Waals surface area contributed by atoms with Gasteiger partial charge < -0.3 is 9.15 Å². The lowest BCUT2D eigenvalue weighted by Gasteiger charge is -2.08. The van der Waals surface area contributed by atoms with Crippen LogP contribution < -0.4 is 10.5 Å². The van der Waals surface area contributed by atoms with Crippen molar-refractivity contribution in [3.8, 4) is 0 Å². The zero-order valence-electron chi connectivity index (χ0n) is 14.8. The predicted octanol–water partition coefficient (Wildman–Crippen LogP) is 3.00. The first-order chi connectivity index (χ1) is 13.3. The summed E-state index contributed by atoms with van der Waals surface area (Å²) < 4.78 is 38.7. The van der Waals surface area contributed by atoms with E-state index in [4.69, 9.17) is 20.8 Å². The molecule has 0 amide bonds. The molecule has 148 valence electrons. The van der Waals surface area contributed by atoms with Gasteiger partial charge in [0.15, 0.2) is 5.58 Å². The van der Waals surface area contributed by atoms with E-state index in [9.17, 15) is 18.0 Å². The number of aromatic nitrogens is 1. The summed E-state index contributed by atoms with van der Waals surface area (Å²) >= 11 is 5.87. The largest absolute Gasteiger partial charge is 0.464 e. The molecule has 1 N–H and O–H groups in total. The summed E-state index contributed by atoms with van der Waals surface area (Å²) in [5.41, 5.74) is 0.632. The normalized spacial score (nSPS) is 11.5. The number of oxazole rings is 1. The van der Waals surface area contributed by atoms with Crippen LogP contribution in [0.25, 0.3) is 11.1 Å². The summed E-state index contributed by atoms with van der Waals surface area (Å²) in [5.74, 6) is -1.35. The predicted molar refractivity (Wildman–Crippen MR) is 104 cm³/mol. The second kappa shape index (κ2) is 8.07. The van der Waals surface area contributed by atoms with Gasteiger partial charge in [-0.15, -0.1) is 0 Å². The van der Waals surface area contributed by atoms with Gasteiger partial charge in [-0.3, -0.25) is 14.1 Å². The summed E-state index contributed by atoms with van der Waals surface area (Å²) in [7, 11) is -3.93. The van der Waals surface area contributed by atoms with Crippen LogP contribution in [0.5, 0.6) is 0 Å². The van der Waals surface area contributed by atoms with Crippen molar-refractivity contribution in [3.05, 3.63) is 58.0 Å². The second-order valence-corrected chi connectivity index (χ2v) is 8.04. The molecule has 8 nitrogen and oxygen atoms in total. The number of carbonyl (C=O) groups excluding carboxylic acids is 1. The van der Waals surface area contributed by atoms with E-state index in [1.54, 1.807) is 18.2 Å². The molecule has 1 heterocycles. The van der Waals surface area contributed by atoms with Gasteiger partial charge in [-0.05, 0) is 36.8 Å². The van der Waals surface area contributed by atoms with Gasteiger partial charge in [0, 0.05) is 11.1 Å². The molecular formula is C18H17ClN2O6S. The van der Waals surface area contributed by atoms with E-state index in [2.05, 4.69) is 4.72 Å². The minimum atomic E-state index is -3.93. The molecule has 0 spiro atoms. The van der Waals surface area contributed by atoms with E-state index in [0.717, 1.165) is 4.57 Å². The highest BCUT2D eigenvalue weighted by atomic mass is 35.5. The number of hydrogen-bond acceptors (Lipinski definition) is 6. The van der Waals surface area contributed by atoms with Gasteiger partial charge in [-0.2, -0.15) is 0 Å². The molecule has 2 aromatic carbocycles. The summed E-state index contributed by atoms with van der Waals surface area (Å²) in [6.07, 6.45) is 0.660. The number of sulfonamides is 1. The van der Waals surface area contributed by atoms with Crippen LogP contribution >= 0.6 is 11.6 Å². The summed E-state index contributed by atoms with van der Waals surface area (Å²) in [6.45, 7) is 1.78. The number of anilines is 1. The van der Waals surface area contributed by atoms with Crippen molar-refractivity contribution >= 4 is 44.4 Å². The fraction of sp³-hybridized carbons (Fsp3) is 0.222. The minimum absolute atomic E-state index is 0.0438. The van der Waals surface area contributed by atoms with Gasteiger partial charge >= 0.3 is 11.7 Å². The molecule has 28 heavy (non-hydrogen) atoms. The van der Waals surface area contributed by atoms with Crippen LogP contribution in [0, 0.1) is 0 Å². The highest BCUT2D eigenvalue weighted by Crippen LogP contribution is 2.22. The van der Waals surface area contributed by atoms with Gasteiger partial charge in [0.1, 0.15) is 6.54 Å². The van der Waals surface area contributed by atoms with E-state index in [1.807, 2.05) is 6.92 Å². The minimum Gasteiger partial charge on any atom is -0.464 e. The Kier molecular flexibility index (Phi) is 5.76. The Morgan fingerprint density at radius 3 is 2.75 bits per heavy atom. The van der Waals surface area contributed by atoms with E-state index in [1.165, 1.54) is 24.3 Å². The monoisotopic (exact) mass is 424 g/mol. The molecule has 3 rings (SSSR count). The number of esters is 1. The SMILES string of the molecule is CCCOC(=O)Cn1c(=O)oc2cc(S(=O)(=O)Nc3cccc(Cl)c3)ccc21. The number of hydrogen-bond donors (Lipinski definition) is 1. The number of carbonyl (C=O) groups is 1. The molecule has 0 aliphatic carbocycles. The van der Waals surface area contributed by atoms with Gasteiger partial charge in [-0.1, -0.05) is 24.6 Å². The molecule has 0 saturated carbocycles. The first-order valence-corrected chi connectivity index (χ1v) is 10.2. The molecule has 0 bridgehead atoms. The number of benzene rings is 2. The fourth-order valence-electron chi connectivity index (χ4n) is 2.52. The molecule has 10 heteroatoms. The highest BCUT2D eigenvalue weighted by Gasteiger charge is 2.19. The molecule has 0 radical (unpaired) electrons. The van der Waals surface area contributed by atoms with Crippen molar-refractivity contribution in [1.29, 1.82) is 0 Å². The van der Waals surface area contributed by atoms with Crippen LogP contribution in [0.4, 0.5) is 5.69 Å². The van der Waals surface area contributed by atoms with Crippen molar-refractivity contribution in [1.82, 2.24) is 4.57 Å². The second-order valence-electron chi connectivity index (χ2n) is 5.92. The van der Waals surface area contributed by atoms with Crippen molar-refractivity contribution in [2.24, 2.45) is 0 Å². The van der Waals surface area contributed by atoms with E-state index >= 15 is 0 Å². The van der Waals surface area contributed by atoms with Crippen LogP contribution in [-0.4, -0.2) is 25.6 Å². The van der Waals surface area contributed by atoms with Crippen LogP contribution in [0.15, 0.2) is 56.6 Å². The molecular weight excluding hydrogens is 408 g/mol. The van der Waals surface area contributed by atoms with E-state index in [-0.39, 0.29) is 23.6 Å². The maximum absolute atomic E-state index is 12.6. The molecule has 0 atom stereocenters. The lowest BCUT2D eigenvalue weighted by atomic mass is 10.3. The molecule has 0 aliphatic rings. The Labute approximate surface area is 165 Å². The zero-order chi connectivity index (χ0) is 20.3. The maximum atomic E-state index is 12.6. The average Bonchev–Trinajstić information content (AvgIpc) is 2.94. The molecule has 0 unspecified atom stereocenters. The number of ether oxygens (including phenoxy) is 1. The topological polar surface area (TPSA) is 108 Å². The molecule has 3 aromatic rings. The van der Waals surface area contributed by atoms with Gasteiger partial charge in [-0.25, -0.2) is 13.2 Å². The van der Waals surface area contributed by atoms with Crippen LogP contribution in [0.1, 0.15) is 13.3 Å². The molecule has 1 aromatic heterocycles. The lowest BCUT2D eigenvalue weighted by molar-refractivity contribution is -0.144. The molecule has 0 aliphatic heterocycles. The lowest BCUT2D eigenvalue weighted by Crippen LogP contribution is -2.21. The fourth-order valence-corrected chi connectivity index (χ4v) is 3.78. The number of nitrogens with one attached hydrogen (secondary N) is 1. The molecule has 0 saturated heterocycles. The number of nitrogens with zero attached hydrogens (tertiary/aromatic N) is 1. The third kappa shape index (κ3) is 4.37. The Bertz CT molecular complexity index is 1180. The van der Waals surface area contributed by atoms with Crippen molar-refractivity contribution in [2.45, 2.75) is 24.8 Å². The van der Waals surface area contributed by atoms with Crippen LogP contribution in [0.3, 0.4) is 0 Å². The van der Waals surface area contributed by atoms with Crippen molar-refractivity contribution in [2.75, 3.05) is 11.3 Å².